The van der Waals surface area contributed by atoms with E-state index in [9.17, 15) is 0 Å². The van der Waals surface area contributed by atoms with Gasteiger partial charge in [0.05, 0.1) is 25.6 Å². The summed E-state index contributed by atoms with van der Waals surface area (Å²) in [7, 11) is 3.27. The van der Waals surface area contributed by atoms with Gasteiger partial charge in [0.2, 0.25) is 0 Å². The number of hydrogen-bond donors (Lipinski definition) is 0. The molecule has 0 spiro atoms. The summed E-state index contributed by atoms with van der Waals surface area (Å²) in [5, 5.41) is 0. The number of aromatic nitrogens is 4. The van der Waals surface area contributed by atoms with E-state index in [1.165, 1.54) is 11.1 Å². The Bertz CT molecular complexity index is 1250. The van der Waals surface area contributed by atoms with Crippen LogP contribution in [0.2, 0.25) is 0 Å². The lowest BCUT2D eigenvalue weighted by Gasteiger charge is -2.28. The third-order valence-electron chi connectivity index (χ3n) is 5.86. The van der Waals surface area contributed by atoms with Gasteiger partial charge in [0.25, 0.3) is 0 Å². The monoisotopic (exact) mass is 439 g/mol. The number of rotatable bonds is 6. The highest BCUT2D eigenvalue weighted by molar-refractivity contribution is 5.64. The molecule has 7 heteroatoms. The zero-order valence-corrected chi connectivity index (χ0v) is 18.7. The molecule has 4 heterocycles. The molecule has 33 heavy (non-hydrogen) atoms. The number of fused-ring (bicyclic) bond motifs is 1. The van der Waals surface area contributed by atoms with E-state index in [1.54, 1.807) is 26.6 Å². The molecule has 0 N–H and O–H groups in total. The number of hydrogen-bond acceptors (Lipinski definition) is 7. The van der Waals surface area contributed by atoms with Crippen molar-refractivity contribution in [3.63, 3.8) is 0 Å². The Kier molecular flexibility index (Phi) is 5.95. The van der Waals surface area contributed by atoms with Crippen molar-refractivity contribution in [1.82, 2.24) is 24.8 Å². The predicted octanol–water partition coefficient (Wildman–Crippen LogP) is 4.18. The predicted molar refractivity (Wildman–Crippen MR) is 126 cm³/mol. The van der Waals surface area contributed by atoms with Crippen LogP contribution in [-0.4, -0.2) is 45.6 Å². The van der Waals surface area contributed by atoms with Crippen molar-refractivity contribution in [2.24, 2.45) is 0 Å². The fourth-order valence-electron chi connectivity index (χ4n) is 4.09. The second-order valence-corrected chi connectivity index (χ2v) is 7.98. The second-order valence-electron chi connectivity index (χ2n) is 7.98. The van der Waals surface area contributed by atoms with Crippen LogP contribution in [0.3, 0.4) is 0 Å². The number of methoxy groups -OCH3 is 2. The summed E-state index contributed by atoms with van der Waals surface area (Å²) < 4.78 is 10.7. The van der Waals surface area contributed by atoms with E-state index < -0.39 is 0 Å². The number of benzene rings is 1. The molecule has 166 valence electrons. The molecule has 0 fully saturated rings. The molecule has 1 aromatic carbocycles. The van der Waals surface area contributed by atoms with Crippen LogP contribution in [0, 0.1) is 0 Å². The van der Waals surface area contributed by atoms with Gasteiger partial charge in [0, 0.05) is 67.5 Å². The summed E-state index contributed by atoms with van der Waals surface area (Å²) in [6.07, 6.45) is 8.36. The van der Waals surface area contributed by atoms with Crippen LogP contribution in [0.4, 0.5) is 0 Å². The van der Waals surface area contributed by atoms with E-state index in [4.69, 9.17) is 14.5 Å². The van der Waals surface area contributed by atoms with Gasteiger partial charge in [-0.2, -0.15) is 0 Å². The minimum Gasteiger partial charge on any atom is -0.493 e. The summed E-state index contributed by atoms with van der Waals surface area (Å²) in [6, 6.07) is 13.9. The molecule has 0 amide bonds. The first-order valence-corrected chi connectivity index (χ1v) is 10.9. The Hall–Kier alpha value is -3.84. The fraction of sp³-hybridized carbons (Fsp3) is 0.231. The smallest absolute Gasteiger partial charge is 0.161 e. The van der Waals surface area contributed by atoms with Crippen molar-refractivity contribution >= 4 is 0 Å². The Balaban J connectivity index is 1.26. The quantitative estimate of drug-likeness (QED) is 0.446. The summed E-state index contributed by atoms with van der Waals surface area (Å²) in [6.45, 7) is 2.63. The number of ether oxygens (including phenoxy) is 2. The van der Waals surface area contributed by atoms with Gasteiger partial charge in [0.15, 0.2) is 17.3 Å². The highest BCUT2D eigenvalue weighted by Gasteiger charge is 2.19. The molecule has 0 bridgehead atoms. The van der Waals surface area contributed by atoms with Gasteiger partial charge in [-0.05, 0) is 42.0 Å². The maximum Gasteiger partial charge on any atom is 0.161 e. The average molecular weight is 440 g/mol. The van der Waals surface area contributed by atoms with E-state index in [1.807, 2.05) is 42.7 Å². The normalized spacial score (nSPS) is 13.4. The van der Waals surface area contributed by atoms with Crippen molar-refractivity contribution in [1.29, 1.82) is 0 Å². The molecule has 0 aliphatic carbocycles. The number of pyridine rings is 2. The molecule has 0 radical (unpaired) electrons. The molecule has 3 aromatic heterocycles. The first kappa shape index (κ1) is 21.0. The standard InChI is InChI=1S/C26H25N5O2/c1-32-24-6-4-20(13-25(24)33-2)22-5-3-18(14-28-22)16-31-12-9-23-21(17-31)15-29-26(30-23)19-7-10-27-11-8-19/h3-8,10-11,13-15H,9,12,16-17H2,1-2H3. The van der Waals surface area contributed by atoms with Crippen LogP contribution in [0.15, 0.2) is 67.3 Å². The van der Waals surface area contributed by atoms with Crippen LogP contribution in [0.25, 0.3) is 22.6 Å². The molecule has 4 aromatic rings. The molecule has 0 saturated heterocycles. The van der Waals surface area contributed by atoms with E-state index >= 15 is 0 Å². The van der Waals surface area contributed by atoms with E-state index in [0.717, 1.165) is 54.4 Å². The molecule has 0 unspecified atom stereocenters. The van der Waals surface area contributed by atoms with Crippen molar-refractivity contribution in [2.45, 2.75) is 19.5 Å². The highest BCUT2D eigenvalue weighted by atomic mass is 16.5. The van der Waals surface area contributed by atoms with Gasteiger partial charge in [-0.3, -0.25) is 14.9 Å². The van der Waals surface area contributed by atoms with Crippen molar-refractivity contribution in [3.05, 3.63) is 84.1 Å². The summed E-state index contributed by atoms with van der Waals surface area (Å²) in [5.41, 5.74) is 6.39. The molecule has 5 rings (SSSR count). The Morgan fingerprint density at radius 3 is 2.48 bits per heavy atom. The lowest BCUT2D eigenvalue weighted by atomic mass is 10.1. The van der Waals surface area contributed by atoms with Gasteiger partial charge in [0.1, 0.15) is 0 Å². The van der Waals surface area contributed by atoms with Crippen LogP contribution in [-0.2, 0) is 19.5 Å². The van der Waals surface area contributed by atoms with E-state index in [0.29, 0.717) is 11.5 Å². The maximum atomic E-state index is 5.41. The first-order valence-electron chi connectivity index (χ1n) is 10.9. The highest BCUT2D eigenvalue weighted by Crippen LogP contribution is 2.31. The topological polar surface area (TPSA) is 73.3 Å². The Morgan fingerprint density at radius 2 is 1.73 bits per heavy atom. The lowest BCUT2D eigenvalue weighted by molar-refractivity contribution is 0.242. The Morgan fingerprint density at radius 1 is 0.879 bits per heavy atom. The molecule has 0 saturated carbocycles. The van der Waals surface area contributed by atoms with Crippen molar-refractivity contribution < 1.29 is 9.47 Å². The van der Waals surface area contributed by atoms with Gasteiger partial charge >= 0.3 is 0 Å². The van der Waals surface area contributed by atoms with Crippen molar-refractivity contribution in [2.75, 3.05) is 20.8 Å². The molecular weight excluding hydrogens is 414 g/mol. The lowest BCUT2D eigenvalue weighted by Crippen LogP contribution is -2.31. The molecule has 1 aliphatic rings. The SMILES string of the molecule is COc1ccc(-c2ccc(CN3CCc4nc(-c5ccncc5)ncc4C3)cn2)cc1OC. The molecule has 1 aliphatic heterocycles. The zero-order valence-electron chi connectivity index (χ0n) is 18.7. The van der Waals surface area contributed by atoms with Crippen LogP contribution >= 0.6 is 0 Å². The Labute approximate surface area is 193 Å². The third kappa shape index (κ3) is 4.54. The third-order valence-corrected chi connectivity index (χ3v) is 5.86. The van der Waals surface area contributed by atoms with Gasteiger partial charge in [-0.15, -0.1) is 0 Å². The van der Waals surface area contributed by atoms with Crippen LogP contribution in [0.1, 0.15) is 16.8 Å². The molecule has 7 nitrogen and oxygen atoms in total. The maximum absolute atomic E-state index is 5.41. The fourth-order valence-corrected chi connectivity index (χ4v) is 4.09. The zero-order chi connectivity index (χ0) is 22.6. The minimum absolute atomic E-state index is 0.696. The largest absolute Gasteiger partial charge is 0.493 e. The van der Waals surface area contributed by atoms with Gasteiger partial charge in [-0.1, -0.05) is 6.07 Å². The summed E-state index contributed by atoms with van der Waals surface area (Å²) >= 11 is 0. The van der Waals surface area contributed by atoms with Crippen molar-refractivity contribution in [3.8, 4) is 34.1 Å². The second kappa shape index (κ2) is 9.34. The summed E-state index contributed by atoms with van der Waals surface area (Å²) in [5.74, 6) is 2.17. The van der Waals surface area contributed by atoms with E-state index in [-0.39, 0.29) is 0 Å². The summed E-state index contributed by atoms with van der Waals surface area (Å²) in [4.78, 5) is 20.5. The van der Waals surface area contributed by atoms with Crippen LogP contribution < -0.4 is 9.47 Å². The van der Waals surface area contributed by atoms with Gasteiger partial charge < -0.3 is 9.47 Å². The first-order chi connectivity index (χ1) is 16.2. The van der Waals surface area contributed by atoms with E-state index in [2.05, 4.69) is 32.0 Å². The van der Waals surface area contributed by atoms with Gasteiger partial charge in [-0.25, -0.2) is 9.97 Å². The molecule has 0 atom stereocenters. The molecular formula is C26H25N5O2. The number of nitrogens with zero attached hydrogens (tertiary/aromatic N) is 5. The average Bonchev–Trinajstić information content (AvgIpc) is 2.89. The minimum atomic E-state index is 0.696. The van der Waals surface area contributed by atoms with Crippen LogP contribution in [0.5, 0.6) is 11.5 Å².